The molecule has 5 heteroatoms. The van der Waals surface area contributed by atoms with Crippen LogP contribution in [-0.2, 0) is 19.5 Å². The number of nitrogens with zero attached hydrogens (tertiary/aromatic N) is 3. The van der Waals surface area contributed by atoms with Crippen LogP contribution in [0.1, 0.15) is 26.4 Å². The lowest BCUT2D eigenvalue weighted by molar-refractivity contribution is 0.0746. The Hall–Kier alpha value is -3.18. The summed E-state index contributed by atoms with van der Waals surface area (Å²) in [6.45, 7) is 1.95. The molecule has 0 N–H and O–H groups in total. The van der Waals surface area contributed by atoms with E-state index in [1.54, 1.807) is 17.5 Å². The third kappa shape index (κ3) is 5.21. The van der Waals surface area contributed by atoms with E-state index in [0.29, 0.717) is 25.2 Å². The Bertz CT molecular complexity index is 1030. The molecule has 146 valence electrons. The van der Waals surface area contributed by atoms with Crippen molar-refractivity contribution in [1.29, 1.82) is 0 Å². The molecule has 0 aliphatic rings. The summed E-state index contributed by atoms with van der Waals surface area (Å²) >= 11 is 1.68. The summed E-state index contributed by atoms with van der Waals surface area (Å²) in [5.41, 5.74) is 3.02. The third-order valence-corrected chi connectivity index (χ3v) is 5.66. The summed E-state index contributed by atoms with van der Waals surface area (Å²) in [6, 6.07) is 24.5. The van der Waals surface area contributed by atoms with E-state index in [1.165, 1.54) is 10.4 Å². The number of amides is 1. The van der Waals surface area contributed by atoms with E-state index >= 15 is 0 Å². The molecule has 1 amide bonds. The predicted octanol–water partition coefficient (Wildman–Crippen LogP) is 4.88. The molecule has 0 spiro atoms. The van der Waals surface area contributed by atoms with Gasteiger partial charge < -0.3 is 4.90 Å². The van der Waals surface area contributed by atoms with Gasteiger partial charge in [0.15, 0.2) is 0 Å². The van der Waals surface area contributed by atoms with Crippen molar-refractivity contribution < 1.29 is 4.79 Å². The van der Waals surface area contributed by atoms with Gasteiger partial charge in [0.2, 0.25) is 0 Å². The monoisotopic (exact) mass is 401 g/mol. The average Bonchev–Trinajstić information content (AvgIpc) is 3.44. The van der Waals surface area contributed by atoms with Gasteiger partial charge in [0.1, 0.15) is 0 Å². The van der Waals surface area contributed by atoms with Crippen molar-refractivity contribution in [3.8, 4) is 0 Å². The van der Waals surface area contributed by atoms with Crippen LogP contribution in [0.2, 0.25) is 0 Å². The van der Waals surface area contributed by atoms with Gasteiger partial charge in [0.25, 0.3) is 5.91 Å². The number of rotatable bonds is 8. The molecule has 0 fully saturated rings. The Morgan fingerprint density at radius 2 is 1.66 bits per heavy atom. The van der Waals surface area contributed by atoms with Gasteiger partial charge in [-0.1, -0.05) is 66.7 Å². The summed E-state index contributed by atoms with van der Waals surface area (Å²) in [6.07, 6.45) is 4.35. The number of benzene rings is 2. The molecule has 0 saturated heterocycles. The normalized spacial score (nSPS) is 10.8. The van der Waals surface area contributed by atoms with Crippen molar-refractivity contribution in [3.63, 3.8) is 0 Å². The number of hydrogen-bond donors (Lipinski definition) is 0. The summed E-state index contributed by atoms with van der Waals surface area (Å²) < 4.78 is 1.82. The zero-order chi connectivity index (χ0) is 19.9. The van der Waals surface area contributed by atoms with Gasteiger partial charge in [-0.25, -0.2) is 0 Å². The molecule has 2 heterocycles. The molecule has 0 aliphatic carbocycles. The fourth-order valence-electron chi connectivity index (χ4n) is 3.27. The smallest absolute Gasteiger partial charge is 0.257 e. The van der Waals surface area contributed by atoms with Gasteiger partial charge >= 0.3 is 0 Å². The lowest BCUT2D eigenvalue weighted by Gasteiger charge is -2.21. The molecular weight excluding hydrogens is 378 g/mol. The van der Waals surface area contributed by atoms with Gasteiger partial charge in [-0.05, 0) is 29.0 Å². The van der Waals surface area contributed by atoms with Crippen molar-refractivity contribution in [1.82, 2.24) is 14.7 Å². The summed E-state index contributed by atoms with van der Waals surface area (Å²) in [5.74, 6) is 0.0219. The van der Waals surface area contributed by atoms with E-state index < -0.39 is 0 Å². The maximum atomic E-state index is 13.2. The standard InChI is InChI=1S/C24H23N3OS/c28-24(22-16-25-27(18-22)17-21-10-5-2-6-11-21)26(19-23-12-7-15-29-23)14-13-20-8-3-1-4-9-20/h1-12,15-16,18H,13-14,17,19H2. The minimum Gasteiger partial charge on any atom is -0.333 e. The Labute approximate surface area is 175 Å². The number of thiophene rings is 1. The molecule has 29 heavy (non-hydrogen) atoms. The lowest BCUT2D eigenvalue weighted by Crippen LogP contribution is -2.32. The Morgan fingerprint density at radius 1 is 0.931 bits per heavy atom. The molecule has 4 aromatic rings. The maximum Gasteiger partial charge on any atom is 0.257 e. The minimum atomic E-state index is 0.0219. The highest BCUT2D eigenvalue weighted by molar-refractivity contribution is 7.09. The lowest BCUT2D eigenvalue weighted by atomic mass is 10.1. The SMILES string of the molecule is O=C(c1cnn(Cc2ccccc2)c1)N(CCc1ccccc1)Cc1cccs1. The van der Waals surface area contributed by atoms with Crippen molar-refractivity contribution >= 4 is 17.2 Å². The quantitative estimate of drug-likeness (QED) is 0.422. The summed E-state index contributed by atoms with van der Waals surface area (Å²) in [5, 5.41) is 6.45. The molecule has 0 unspecified atom stereocenters. The highest BCUT2D eigenvalue weighted by Crippen LogP contribution is 2.16. The molecule has 4 rings (SSSR count). The van der Waals surface area contributed by atoms with E-state index in [9.17, 15) is 4.79 Å². The van der Waals surface area contributed by atoms with E-state index in [4.69, 9.17) is 0 Å². The van der Waals surface area contributed by atoms with E-state index in [1.807, 2.05) is 63.6 Å². The van der Waals surface area contributed by atoms with Gasteiger partial charge in [-0.3, -0.25) is 9.48 Å². The van der Waals surface area contributed by atoms with Crippen LogP contribution in [0.4, 0.5) is 0 Å². The summed E-state index contributed by atoms with van der Waals surface area (Å²) in [7, 11) is 0. The Morgan fingerprint density at radius 3 is 2.34 bits per heavy atom. The topological polar surface area (TPSA) is 38.1 Å². The maximum absolute atomic E-state index is 13.2. The van der Waals surface area contributed by atoms with Crippen LogP contribution in [0, 0.1) is 0 Å². The molecule has 0 radical (unpaired) electrons. The van der Waals surface area contributed by atoms with Gasteiger partial charge in [0.05, 0.1) is 24.8 Å². The number of carbonyl (C=O) groups is 1. The van der Waals surface area contributed by atoms with Crippen molar-refractivity contribution in [2.24, 2.45) is 0 Å². The van der Waals surface area contributed by atoms with Gasteiger partial charge in [-0.2, -0.15) is 5.10 Å². The second kappa shape index (κ2) is 9.34. The van der Waals surface area contributed by atoms with Crippen LogP contribution in [0.5, 0.6) is 0 Å². The first kappa shape index (κ1) is 19.2. The Kier molecular flexibility index (Phi) is 6.17. The predicted molar refractivity (Wildman–Crippen MR) is 117 cm³/mol. The number of aromatic nitrogens is 2. The molecule has 0 atom stereocenters. The molecule has 0 bridgehead atoms. The van der Waals surface area contributed by atoms with Crippen LogP contribution in [0.25, 0.3) is 0 Å². The largest absolute Gasteiger partial charge is 0.333 e. The average molecular weight is 402 g/mol. The van der Waals surface area contributed by atoms with Crippen LogP contribution >= 0.6 is 11.3 Å². The van der Waals surface area contributed by atoms with Gasteiger partial charge in [-0.15, -0.1) is 11.3 Å². The second-order valence-electron chi connectivity index (χ2n) is 6.95. The Balaban J connectivity index is 1.48. The fraction of sp³-hybridized carbons (Fsp3) is 0.167. The molecular formula is C24H23N3OS. The van der Waals surface area contributed by atoms with Crippen LogP contribution in [-0.4, -0.2) is 27.1 Å². The molecule has 0 saturated carbocycles. The highest BCUT2D eigenvalue weighted by atomic mass is 32.1. The minimum absolute atomic E-state index is 0.0219. The molecule has 2 aromatic heterocycles. The number of hydrogen-bond acceptors (Lipinski definition) is 3. The summed E-state index contributed by atoms with van der Waals surface area (Å²) in [4.78, 5) is 16.3. The van der Waals surface area contributed by atoms with Gasteiger partial charge in [0, 0.05) is 17.6 Å². The molecule has 0 aliphatic heterocycles. The van der Waals surface area contributed by atoms with E-state index in [0.717, 1.165) is 12.0 Å². The van der Waals surface area contributed by atoms with E-state index in [2.05, 4.69) is 35.4 Å². The highest BCUT2D eigenvalue weighted by Gasteiger charge is 2.18. The first-order valence-corrected chi connectivity index (χ1v) is 10.6. The molecule has 4 nitrogen and oxygen atoms in total. The van der Waals surface area contributed by atoms with Crippen molar-refractivity contribution in [2.75, 3.05) is 6.54 Å². The van der Waals surface area contributed by atoms with E-state index in [-0.39, 0.29) is 5.91 Å². The van der Waals surface area contributed by atoms with Crippen LogP contribution in [0.15, 0.2) is 90.6 Å². The fourth-order valence-corrected chi connectivity index (χ4v) is 3.98. The zero-order valence-electron chi connectivity index (χ0n) is 16.1. The van der Waals surface area contributed by atoms with Crippen LogP contribution in [0.3, 0.4) is 0 Å². The van der Waals surface area contributed by atoms with Crippen molar-refractivity contribution in [2.45, 2.75) is 19.5 Å². The van der Waals surface area contributed by atoms with Crippen LogP contribution < -0.4 is 0 Å². The first-order chi connectivity index (χ1) is 14.3. The number of carbonyl (C=O) groups excluding carboxylic acids is 1. The first-order valence-electron chi connectivity index (χ1n) is 9.70. The second-order valence-corrected chi connectivity index (χ2v) is 7.99. The molecule has 2 aromatic carbocycles. The zero-order valence-corrected chi connectivity index (χ0v) is 17.0. The van der Waals surface area contributed by atoms with Crippen molar-refractivity contribution in [3.05, 3.63) is 112 Å². The third-order valence-electron chi connectivity index (χ3n) is 4.79.